The Kier molecular flexibility index (Phi) is 6.56. The number of carbonyl (C=O) groups excluding carboxylic acids is 1. The van der Waals surface area contributed by atoms with Gasteiger partial charge in [-0.15, -0.1) is 0 Å². The molecule has 1 saturated carbocycles. The van der Waals surface area contributed by atoms with Gasteiger partial charge in [0.25, 0.3) is 0 Å². The lowest BCUT2D eigenvalue weighted by Crippen LogP contribution is -2.56. The number of aromatic nitrogens is 1. The summed E-state index contributed by atoms with van der Waals surface area (Å²) in [5, 5.41) is 10.7. The quantitative estimate of drug-likeness (QED) is 0.444. The van der Waals surface area contributed by atoms with Gasteiger partial charge < -0.3 is 5.73 Å². The number of hydrogen-bond donors (Lipinski definition) is 1. The van der Waals surface area contributed by atoms with Crippen molar-refractivity contribution in [3.05, 3.63) is 66.4 Å². The fourth-order valence-electron chi connectivity index (χ4n) is 4.71. The maximum absolute atomic E-state index is 14.6. The van der Waals surface area contributed by atoms with Crippen LogP contribution in [0.2, 0.25) is 0 Å². The first-order chi connectivity index (χ1) is 16.6. The molecule has 1 fully saturated rings. The third-order valence-corrected chi connectivity index (χ3v) is 6.54. The van der Waals surface area contributed by atoms with E-state index in [2.05, 4.69) is 4.98 Å². The van der Waals surface area contributed by atoms with Gasteiger partial charge in [0.05, 0.1) is 17.6 Å². The van der Waals surface area contributed by atoms with Crippen molar-refractivity contribution in [2.45, 2.75) is 56.9 Å². The lowest BCUT2D eigenvalue weighted by Gasteiger charge is -2.41. The molecule has 0 aliphatic heterocycles. The second kappa shape index (κ2) is 9.31. The highest BCUT2D eigenvalue weighted by Gasteiger charge is 2.60. The number of benzene rings is 2. The SMILES string of the molecule is CC(C)C[C@@H](C(N)=O)N([C@@H](c1ccc(-c2ccc3ncccc3c2)cc1)C(F)(F)F)C1(C#N)CC1. The predicted molar refractivity (Wildman–Crippen MR) is 128 cm³/mol. The Balaban J connectivity index is 1.76. The Morgan fingerprint density at radius 3 is 2.34 bits per heavy atom. The van der Waals surface area contributed by atoms with Crippen molar-refractivity contribution in [3.63, 3.8) is 0 Å². The molecule has 2 N–H and O–H groups in total. The number of fused-ring (bicyclic) bond motifs is 1. The molecule has 0 unspecified atom stereocenters. The number of nitriles is 1. The van der Waals surface area contributed by atoms with Crippen LogP contribution in [-0.4, -0.2) is 33.5 Å². The summed E-state index contributed by atoms with van der Waals surface area (Å²) in [6, 6.07) is 14.3. The maximum atomic E-state index is 14.6. The van der Waals surface area contributed by atoms with Crippen LogP contribution < -0.4 is 5.73 Å². The van der Waals surface area contributed by atoms with Crippen molar-refractivity contribution in [3.8, 4) is 17.2 Å². The average molecular weight is 481 g/mol. The Morgan fingerprint density at radius 1 is 1.14 bits per heavy atom. The van der Waals surface area contributed by atoms with Gasteiger partial charge in [-0.05, 0) is 60.1 Å². The highest BCUT2D eigenvalue weighted by Crippen LogP contribution is 2.52. The Labute approximate surface area is 202 Å². The smallest absolute Gasteiger partial charge is 0.368 e. The topological polar surface area (TPSA) is 83.0 Å². The highest BCUT2D eigenvalue weighted by molar-refractivity contribution is 5.84. The van der Waals surface area contributed by atoms with Gasteiger partial charge in [0.2, 0.25) is 5.91 Å². The van der Waals surface area contributed by atoms with Crippen LogP contribution in [0.3, 0.4) is 0 Å². The summed E-state index contributed by atoms with van der Waals surface area (Å²) < 4.78 is 43.8. The lowest BCUT2D eigenvalue weighted by molar-refractivity contribution is -0.200. The van der Waals surface area contributed by atoms with E-state index >= 15 is 0 Å². The monoisotopic (exact) mass is 480 g/mol. The predicted octanol–water partition coefficient (Wildman–Crippen LogP) is 5.76. The molecule has 1 aromatic heterocycles. The Bertz CT molecular complexity index is 1260. The van der Waals surface area contributed by atoms with Crippen LogP contribution in [-0.2, 0) is 4.79 Å². The molecule has 1 aliphatic carbocycles. The number of rotatable bonds is 8. The fourth-order valence-corrected chi connectivity index (χ4v) is 4.71. The van der Waals surface area contributed by atoms with Gasteiger partial charge in [-0.2, -0.15) is 18.4 Å². The third-order valence-electron chi connectivity index (χ3n) is 6.54. The zero-order valence-corrected chi connectivity index (χ0v) is 19.6. The summed E-state index contributed by atoms with van der Waals surface area (Å²) in [6.45, 7) is 3.63. The van der Waals surface area contributed by atoms with Gasteiger partial charge in [-0.1, -0.05) is 50.2 Å². The van der Waals surface area contributed by atoms with Crippen LogP contribution in [0.5, 0.6) is 0 Å². The molecule has 2 aromatic carbocycles. The molecule has 1 heterocycles. The highest BCUT2D eigenvalue weighted by atomic mass is 19.4. The van der Waals surface area contributed by atoms with Gasteiger partial charge in [-0.3, -0.25) is 14.7 Å². The zero-order valence-electron chi connectivity index (χ0n) is 19.6. The first-order valence-electron chi connectivity index (χ1n) is 11.6. The molecule has 0 saturated heterocycles. The molecule has 35 heavy (non-hydrogen) atoms. The minimum absolute atomic E-state index is 0.0276. The van der Waals surface area contributed by atoms with Crippen molar-refractivity contribution in [2.75, 3.05) is 0 Å². The number of nitrogens with two attached hydrogens (primary N) is 1. The molecule has 0 spiro atoms. The van der Waals surface area contributed by atoms with E-state index in [4.69, 9.17) is 5.73 Å². The van der Waals surface area contributed by atoms with Gasteiger partial charge in [0.15, 0.2) is 0 Å². The number of carbonyl (C=O) groups is 1. The molecule has 0 bridgehead atoms. The zero-order chi connectivity index (χ0) is 25.4. The van der Waals surface area contributed by atoms with E-state index in [1.807, 2.05) is 50.2 Å². The van der Waals surface area contributed by atoms with E-state index in [9.17, 15) is 23.2 Å². The van der Waals surface area contributed by atoms with Gasteiger partial charge >= 0.3 is 6.18 Å². The van der Waals surface area contributed by atoms with Crippen molar-refractivity contribution in [1.82, 2.24) is 9.88 Å². The minimum Gasteiger partial charge on any atom is -0.368 e. The Morgan fingerprint density at radius 2 is 1.80 bits per heavy atom. The molecule has 1 aliphatic rings. The number of primary amides is 1. The van der Waals surface area contributed by atoms with Gasteiger partial charge in [0.1, 0.15) is 11.6 Å². The van der Waals surface area contributed by atoms with Crippen molar-refractivity contribution in [2.24, 2.45) is 11.7 Å². The van der Waals surface area contributed by atoms with E-state index in [-0.39, 0.29) is 30.7 Å². The summed E-state index contributed by atoms with van der Waals surface area (Å²) in [4.78, 5) is 17.7. The molecule has 0 radical (unpaired) electrons. The second-order valence-electron chi connectivity index (χ2n) is 9.58. The molecule has 182 valence electrons. The average Bonchev–Trinajstić information content (AvgIpc) is 3.61. The molecule has 8 heteroatoms. The van der Waals surface area contributed by atoms with E-state index in [1.165, 1.54) is 12.1 Å². The van der Waals surface area contributed by atoms with Crippen LogP contribution in [0.1, 0.15) is 44.7 Å². The van der Waals surface area contributed by atoms with Crippen LogP contribution in [0, 0.1) is 17.2 Å². The second-order valence-corrected chi connectivity index (χ2v) is 9.58. The van der Waals surface area contributed by atoms with Crippen LogP contribution in [0.15, 0.2) is 60.8 Å². The molecule has 1 amide bonds. The summed E-state index contributed by atoms with van der Waals surface area (Å²) in [7, 11) is 0. The summed E-state index contributed by atoms with van der Waals surface area (Å²) in [6.07, 6.45) is -2.35. The van der Waals surface area contributed by atoms with E-state index in [0.29, 0.717) is 0 Å². The maximum Gasteiger partial charge on any atom is 0.408 e. The minimum atomic E-state index is -4.72. The summed E-state index contributed by atoms with van der Waals surface area (Å²) in [5.74, 6) is -0.931. The fraction of sp³-hybridized carbons (Fsp3) is 0.370. The molecule has 4 rings (SSSR count). The standard InChI is InChI=1S/C27H27F3N4O/c1-17(2)14-23(25(32)35)34(26(16-31)11-12-26)24(27(28,29)30)19-7-5-18(6-8-19)20-9-10-22-21(15-20)4-3-13-33-22/h3-10,13,15,17,23-24H,11-12,14H2,1-2H3,(H2,32,35)/t23-,24-/m0/s1. The van der Waals surface area contributed by atoms with Crippen LogP contribution in [0.4, 0.5) is 13.2 Å². The van der Waals surface area contributed by atoms with Crippen molar-refractivity contribution in [1.29, 1.82) is 5.26 Å². The largest absolute Gasteiger partial charge is 0.408 e. The molecule has 5 nitrogen and oxygen atoms in total. The van der Waals surface area contributed by atoms with Crippen molar-refractivity contribution < 1.29 is 18.0 Å². The summed E-state index contributed by atoms with van der Waals surface area (Å²) in [5.41, 5.74) is 6.65. The normalized spacial score (nSPS) is 16.7. The number of amides is 1. The van der Waals surface area contributed by atoms with Crippen LogP contribution in [0.25, 0.3) is 22.0 Å². The number of hydrogen-bond acceptors (Lipinski definition) is 4. The molecular formula is C27H27F3N4O. The molecular weight excluding hydrogens is 453 g/mol. The number of alkyl halides is 3. The Hall–Kier alpha value is -3.44. The lowest BCUT2D eigenvalue weighted by atomic mass is 9.93. The molecule has 3 aromatic rings. The molecule has 2 atom stereocenters. The third kappa shape index (κ3) is 5.01. The summed E-state index contributed by atoms with van der Waals surface area (Å²) >= 11 is 0. The number of nitrogens with zero attached hydrogens (tertiary/aromatic N) is 3. The van der Waals surface area contributed by atoms with Gasteiger partial charge in [0, 0.05) is 11.6 Å². The first kappa shape index (κ1) is 24.7. The number of pyridine rings is 1. The van der Waals surface area contributed by atoms with E-state index in [0.717, 1.165) is 26.9 Å². The van der Waals surface area contributed by atoms with Gasteiger partial charge in [-0.25, -0.2) is 0 Å². The van der Waals surface area contributed by atoms with Crippen molar-refractivity contribution >= 4 is 16.8 Å². The van der Waals surface area contributed by atoms with E-state index < -0.39 is 29.7 Å². The number of halogens is 3. The van der Waals surface area contributed by atoms with E-state index in [1.54, 1.807) is 18.3 Å². The first-order valence-corrected chi connectivity index (χ1v) is 11.6. The van der Waals surface area contributed by atoms with Crippen LogP contribution >= 0.6 is 0 Å².